The summed E-state index contributed by atoms with van der Waals surface area (Å²) in [5, 5.41) is 0. The first-order valence-electron chi connectivity index (χ1n) is 9.28. The fourth-order valence-electron chi connectivity index (χ4n) is 2.88. The third-order valence-electron chi connectivity index (χ3n) is 4.29. The normalized spacial score (nSPS) is 16.0. The highest BCUT2D eigenvalue weighted by Gasteiger charge is 2.25. The second kappa shape index (κ2) is 8.71. The SMILES string of the molecule is CC(C)c1ccc(F)cc1OCCN1CCN(C(=O)OC(C)(C)C)CC1. The molecule has 2 rings (SSSR count). The molecule has 1 aliphatic rings. The van der Waals surface area contributed by atoms with E-state index in [2.05, 4.69) is 18.7 Å². The molecule has 1 aliphatic heterocycles. The standard InChI is InChI=1S/C20H31FN2O3/c1-15(2)17-7-6-16(21)14-18(17)25-13-12-22-8-10-23(11-9-22)19(24)26-20(3,4)5/h6-7,14-15H,8-13H2,1-5H3. The van der Waals surface area contributed by atoms with E-state index in [1.54, 1.807) is 11.0 Å². The van der Waals surface area contributed by atoms with Crippen LogP contribution in [0.4, 0.5) is 9.18 Å². The molecule has 0 saturated carbocycles. The fraction of sp³-hybridized carbons (Fsp3) is 0.650. The lowest BCUT2D eigenvalue weighted by Crippen LogP contribution is -2.50. The van der Waals surface area contributed by atoms with E-state index in [4.69, 9.17) is 9.47 Å². The first kappa shape index (κ1) is 20.5. The zero-order valence-corrected chi connectivity index (χ0v) is 16.5. The molecule has 146 valence electrons. The molecule has 1 amide bonds. The van der Waals surface area contributed by atoms with Crippen LogP contribution in [0.5, 0.6) is 5.75 Å². The van der Waals surface area contributed by atoms with E-state index in [9.17, 15) is 9.18 Å². The summed E-state index contributed by atoms with van der Waals surface area (Å²) in [6.07, 6.45) is -0.255. The van der Waals surface area contributed by atoms with Gasteiger partial charge in [-0.25, -0.2) is 9.18 Å². The van der Waals surface area contributed by atoms with E-state index in [-0.39, 0.29) is 17.8 Å². The Morgan fingerprint density at radius 3 is 2.42 bits per heavy atom. The van der Waals surface area contributed by atoms with Crippen molar-refractivity contribution in [2.45, 2.75) is 46.1 Å². The number of halogens is 1. The summed E-state index contributed by atoms with van der Waals surface area (Å²) in [6, 6.07) is 4.71. The molecule has 5 nitrogen and oxygen atoms in total. The summed E-state index contributed by atoms with van der Waals surface area (Å²) in [6.45, 7) is 13.8. The van der Waals surface area contributed by atoms with E-state index >= 15 is 0 Å². The van der Waals surface area contributed by atoms with Crippen molar-refractivity contribution in [3.63, 3.8) is 0 Å². The summed E-state index contributed by atoms with van der Waals surface area (Å²) < 4.78 is 24.7. The van der Waals surface area contributed by atoms with Gasteiger partial charge in [-0.2, -0.15) is 0 Å². The maximum Gasteiger partial charge on any atom is 0.410 e. The molecule has 1 aromatic carbocycles. The van der Waals surface area contributed by atoms with Crippen molar-refractivity contribution >= 4 is 6.09 Å². The van der Waals surface area contributed by atoms with Crippen LogP contribution in [-0.2, 0) is 4.74 Å². The van der Waals surface area contributed by atoms with Gasteiger partial charge in [0.2, 0.25) is 0 Å². The third kappa shape index (κ3) is 6.16. The number of carbonyl (C=O) groups excluding carboxylic acids is 1. The molecule has 1 aromatic rings. The van der Waals surface area contributed by atoms with E-state index in [0.717, 1.165) is 25.2 Å². The van der Waals surface area contributed by atoms with Crippen LogP contribution >= 0.6 is 0 Å². The minimum atomic E-state index is -0.471. The lowest BCUT2D eigenvalue weighted by atomic mass is 10.0. The van der Waals surface area contributed by atoms with Crippen LogP contribution in [0.3, 0.4) is 0 Å². The van der Waals surface area contributed by atoms with Crippen molar-refractivity contribution in [1.29, 1.82) is 0 Å². The maximum atomic E-state index is 13.5. The van der Waals surface area contributed by atoms with Crippen LogP contribution < -0.4 is 4.74 Å². The number of hydrogen-bond acceptors (Lipinski definition) is 4. The molecule has 1 fully saturated rings. The molecule has 0 bridgehead atoms. The van der Waals surface area contributed by atoms with E-state index < -0.39 is 5.60 Å². The quantitative estimate of drug-likeness (QED) is 0.793. The average molecular weight is 366 g/mol. The zero-order chi connectivity index (χ0) is 19.3. The van der Waals surface area contributed by atoms with Crippen LogP contribution in [-0.4, -0.2) is 60.8 Å². The Hall–Kier alpha value is -1.82. The molecule has 0 unspecified atom stereocenters. The topological polar surface area (TPSA) is 42.0 Å². The van der Waals surface area contributed by atoms with Crippen LogP contribution in [0.1, 0.15) is 46.1 Å². The average Bonchev–Trinajstić information content (AvgIpc) is 2.53. The van der Waals surface area contributed by atoms with Crippen LogP contribution in [0.25, 0.3) is 0 Å². The first-order valence-corrected chi connectivity index (χ1v) is 9.28. The lowest BCUT2D eigenvalue weighted by Gasteiger charge is -2.35. The number of hydrogen-bond donors (Lipinski definition) is 0. The second-order valence-corrected chi connectivity index (χ2v) is 7.99. The van der Waals surface area contributed by atoms with Gasteiger partial charge in [-0.05, 0) is 38.3 Å². The Morgan fingerprint density at radius 1 is 1.19 bits per heavy atom. The molecule has 0 radical (unpaired) electrons. The number of nitrogens with zero attached hydrogens (tertiary/aromatic N) is 2. The zero-order valence-electron chi connectivity index (χ0n) is 16.5. The summed E-state index contributed by atoms with van der Waals surface area (Å²) in [5.41, 5.74) is 0.544. The second-order valence-electron chi connectivity index (χ2n) is 7.99. The smallest absolute Gasteiger partial charge is 0.410 e. The van der Waals surface area contributed by atoms with Crippen molar-refractivity contribution in [1.82, 2.24) is 9.80 Å². The minimum Gasteiger partial charge on any atom is -0.492 e. The highest BCUT2D eigenvalue weighted by atomic mass is 19.1. The molecule has 0 spiro atoms. The van der Waals surface area contributed by atoms with Gasteiger partial charge in [0, 0.05) is 38.8 Å². The predicted octanol–water partition coefficient (Wildman–Crippen LogP) is 3.88. The number of benzene rings is 1. The molecule has 1 heterocycles. The summed E-state index contributed by atoms with van der Waals surface area (Å²) >= 11 is 0. The monoisotopic (exact) mass is 366 g/mol. The van der Waals surface area contributed by atoms with Crippen molar-refractivity contribution in [3.05, 3.63) is 29.6 Å². The maximum absolute atomic E-state index is 13.5. The van der Waals surface area contributed by atoms with E-state index in [0.29, 0.717) is 25.4 Å². The Labute approximate surface area is 156 Å². The van der Waals surface area contributed by atoms with Crippen molar-refractivity contribution < 1.29 is 18.7 Å². The van der Waals surface area contributed by atoms with Crippen molar-refractivity contribution in [2.75, 3.05) is 39.3 Å². The van der Waals surface area contributed by atoms with Gasteiger partial charge in [0.1, 0.15) is 23.8 Å². The molecule has 6 heteroatoms. The third-order valence-corrected chi connectivity index (χ3v) is 4.29. The number of amides is 1. The Balaban J connectivity index is 1.77. The van der Waals surface area contributed by atoms with E-state index in [1.807, 2.05) is 20.8 Å². The summed E-state index contributed by atoms with van der Waals surface area (Å²) in [4.78, 5) is 16.1. The first-order chi connectivity index (χ1) is 12.2. The highest BCUT2D eigenvalue weighted by Crippen LogP contribution is 2.27. The van der Waals surface area contributed by atoms with Gasteiger partial charge >= 0.3 is 6.09 Å². The van der Waals surface area contributed by atoms with Gasteiger partial charge in [-0.1, -0.05) is 19.9 Å². The molecule has 26 heavy (non-hydrogen) atoms. The molecular weight excluding hydrogens is 335 g/mol. The van der Waals surface area contributed by atoms with Crippen LogP contribution in [0.15, 0.2) is 18.2 Å². The summed E-state index contributed by atoms with van der Waals surface area (Å²) in [5.74, 6) is 0.616. The number of ether oxygens (including phenoxy) is 2. The van der Waals surface area contributed by atoms with Crippen molar-refractivity contribution in [2.24, 2.45) is 0 Å². The van der Waals surface area contributed by atoms with Gasteiger partial charge in [0.25, 0.3) is 0 Å². The van der Waals surface area contributed by atoms with Crippen LogP contribution in [0.2, 0.25) is 0 Å². The fourth-order valence-corrected chi connectivity index (χ4v) is 2.88. The molecule has 0 N–H and O–H groups in total. The van der Waals surface area contributed by atoms with Gasteiger partial charge in [0.15, 0.2) is 0 Å². The summed E-state index contributed by atoms with van der Waals surface area (Å²) in [7, 11) is 0. The van der Waals surface area contributed by atoms with Crippen LogP contribution in [0, 0.1) is 5.82 Å². The van der Waals surface area contributed by atoms with E-state index in [1.165, 1.54) is 12.1 Å². The highest BCUT2D eigenvalue weighted by molar-refractivity contribution is 5.68. The largest absolute Gasteiger partial charge is 0.492 e. The molecule has 1 saturated heterocycles. The number of rotatable bonds is 5. The Morgan fingerprint density at radius 2 is 1.85 bits per heavy atom. The predicted molar refractivity (Wildman–Crippen MR) is 100 cm³/mol. The molecular formula is C20H31FN2O3. The van der Waals surface area contributed by atoms with Gasteiger partial charge in [-0.3, -0.25) is 4.90 Å². The minimum absolute atomic E-state index is 0.255. The van der Waals surface area contributed by atoms with Gasteiger partial charge in [-0.15, -0.1) is 0 Å². The number of piperazine rings is 1. The molecule has 0 aromatic heterocycles. The van der Waals surface area contributed by atoms with Gasteiger partial charge < -0.3 is 14.4 Å². The number of carbonyl (C=O) groups is 1. The lowest BCUT2D eigenvalue weighted by molar-refractivity contribution is 0.0137. The Bertz CT molecular complexity index is 606. The van der Waals surface area contributed by atoms with Gasteiger partial charge in [0.05, 0.1) is 0 Å². The molecule has 0 aliphatic carbocycles. The Kier molecular flexibility index (Phi) is 6.87. The van der Waals surface area contributed by atoms with Crippen molar-refractivity contribution in [3.8, 4) is 5.75 Å². The molecule has 0 atom stereocenters.